The minimum atomic E-state index is -0.158. The van der Waals surface area contributed by atoms with Crippen molar-refractivity contribution >= 4 is 23.0 Å². The number of phenolic OH excluding ortho intramolecular Hbond substituents is 1. The van der Waals surface area contributed by atoms with E-state index in [4.69, 9.17) is 0 Å². The van der Waals surface area contributed by atoms with Crippen molar-refractivity contribution in [2.45, 2.75) is 6.42 Å². The average Bonchev–Trinajstić information content (AvgIpc) is 2.97. The van der Waals surface area contributed by atoms with Crippen LogP contribution in [0.15, 0.2) is 54.6 Å². The van der Waals surface area contributed by atoms with Gasteiger partial charge in [-0.3, -0.25) is 4.79 Å². The van der Waals surface area contributed by atoms with Gasteiger partial charge in [0.05, 0.1) is 11.0 Å². The Kier molecular flexibility index (Phi) is 4.38. The highest BCUT2D eigenvalue weighted by Gasteiger charge is 2.02. The third-order valence-electron chi connectivity index (χ3n) is 3.42. The molecule has 2 aromatic carbocycles. The molecule has 0 aliphatic rings. The summed E-state index contributed by atoms with van der Waals surface area (Å²) in [6.45, 7) is 0.512. The van der Waals surface area contributed by atoms with E-state index in [1.54, 1.807) is 30.3 Å². The van der Waals surface area contributed by atoms with Gasteiger partial charge in [0, 0.05) is 19.0 Å². The second kappa shape index (κ2) is 6.79. The number of hydrogen-bond donors (Lipinski definition) is 3. The summed E-state index contributed by atoms with van der Waals surface area (Å²) in [5.41, 5.74) is 2.79. The summed E-state index contributed by atoms with van der Waals surface area (Å²) in [5, 5.41) is 12.0. The summed E-state index contributed by atoms with van der Waals surface area (Å²) in [5.74, 6) is 0.903. The van der Waals surface area contributed by atoms with Crippen LogP contribution in [0, 0.1) is 0 Å². The molecule has 0 unspecified atom stereocenters. The first kappa shape index (κ1) is 14.8. The lowest BCUT2D eigenvalue weighted by Crippen LogP contribution is -2.23. The van der Waals surface area contributed by atoms with Gasteiger partial charge < -0.3 is 15.4 Å². The predicted molar refractivity (Wildman–Crippen MR) is 89.9 cm³/mol. The Morgan fingerprint density at radius 2 is 1.96 bits per heavy atom. The third kappa shape index (κ3) is 3.97. The average molecular weight is 307 g/mol. The Hall–Kier alpha value is -3.08. The van der Waals surface area contributed by atoms with Crippen LogP contribution in [-0.2, 0) is 11.2 Å². The van der Waals surface area contributed by atoms with Crippen LogP contribution in [0.3, 0.4) is 0 Å². The molecule has 5 nitrogen and oxygen atoms in total. The summed E-state index contributed by atoms with van der Waals surface area (Å²) >= 11 is 0. The Labute approximate surface area is 133 Å². The Morgan fingerprint density at radius 3 is 2.74 bits per heavy atom. The van der Waals surface area contributed by atoms with E-state index in [0.717, 1.165) is 22.4 Å². The van der Waals surface area contributed by atoms with Crippen LogP contribution in [0.25, 0.3) is 17.1 Å². The van der Waals surface area contributed by atoms with Crippen LogP contribution in [0.1, 0.15) is 11.4 Å². The van der Waals surface area contributed by atoms with E-state index in [1.165, 1.54) is 6.08 Å². The number of hydrogen-bond acceptors (Lipinski definition) is 3. The molecular weight excluding hydrogens is 290 g/mol. The molecule has 0 fully saturated rings. The van der Waals surface area contributed by atoms with E-state index >= 15 is 0 Å². The van der Waals surface area contributed by atoms with E-state index in [-0.39, 0.29) is 11.7 Å². The van der Waals surface area contributed by atoms with E-state index in [0.29, 0.717) is 13.0 Å². The van der Waals surface area contributed by atoms with Crippen LogP contribution in [0.5, 0.6) is 5.75 Å². The number of imidazole rings is 1. The number of H-pyrrole nitrogens is 1. The molecule has 3 N–H and O–H groups in total. The van der Waals surface area contributed by atoms with E-state index < -0.39 is 0 Å². The van der Waals surface area contributed by atoms with Gasteiger partial charge in [-0.1, -0.05) is 24.3 Å². The third-order valence-corrected chi connectivity index (χ3v) is 3.42. The number of phenols is 1. The molecule has 0 spiro atoms. The molecule has 3 aromatic rings. The summed E-state index contributed by atoms with van der Waals surface area (Å²) < 4.78 is 0. The van der Waals surface area contributed by atoms with Gasteiger partial charge in [-0.15, -0.1) is 0 Å². The smallest absolute Gasteiger partial charge is 0.244 e. The first-order valence-corrected chi connectivity index (χ1v) is 7.39. The molecule has 0 aliphatic heterocycles. The number of nitrogens with one attached hydrogen (secondary N) is 2. The number of benzene rings is 2. The number of aromatic hydroxyl groups is 1. The molecule has 1 heterocycles. The van der Waals surface area contributed by atoms with Crippen molar-refractivity contribution in [1.29, 1.82) is 0 Å². The molecule has 23 heavy (non-hydrogen) atoms. The first-order chi connectivity index (χ1) is 11.2. The molecule has 0 saturated carbocycles. The largest absolute Gasteiger partial charge is 0.508 e. The fraction of sp³-hybridized carbons (Fsp3) is 0.111. The molecule has 0 saturated heterocycles. The van der Waals surface area contributed by atoms with Crippen molar-refractivity contribution in [3.05, 3.63) is 66.0 Å². The van der Waals surface area contributed by atoms with Crippen molar-refractivity contribution in [1.82, 2.24) is 15.3 Å². The van der Waals surface area contributed by atoms with Crippen LogP contribution < -0.4 is 5.32 Å². The number of aromatic amines is 1. The second-order valence-corrected chi connectivity index (χ2v) is 5.17. The van der Waals surface area contributed by atoms with Gasteiger partial charge in [0.25, 0.3) is 0 Å². The van der Waals surface area contributed by atoms with Gasteiger partial charge in [0.2, 0.25) is 5.91 Å². The zero-order chi connectivity index (χ0) is 16.1. The maximum absolute atomic E-state index is 11.8. The van der Waals surface area contributed by atoms with Gasteiger partial charge in [0.15, 0.2) is 0 Å². The molecule has 5 heteroatoms. The number of rotatable bonds is 5. The summed E-state index contributed by atoms with van der Waals surface area (Å²) in [6.07, 6.45) is 3.83. The standard InChI is InChI=1S/C18H17N3O2/c22-14-8-5-13(6-9-14)7-10-18(23)19-12-11-17-20-15-3-1-2-4-16(15)21-17/h1-10,22H,11-12H2,(H,19,23)(H,20,21)/b10-7+. The molecule has 1 aromatic heterocycles. The fourth-order valence-electron chi connectivity index (χ4n) is 2.24. The molecule has 3 rings (SSSR count). The Bertz CT molecular complexity index is 802. The van der Waals surface area contributed by atoms with Gasteiger partial charge in [-0.2, -0.15) is 0 Å². The van der Waals surface area contributed by atoms with Crippen LogP contribution >= 0.6 is 0 Å². The maximum atomic E-state index is 11.8. The van der Waals surface area contributed by atoms with E-state index in [9.17, 15) is 9.90 Å². The number of carbonyl (C=O) groups excluding carboxylic acids is 1. The number of para-hydroxylation sites is 2. The number of fused-ring (bicyclic) bond motifs is 1. The summed E-state index contributed by atoms with van der Waals surface area (Å²) in [6, 6.07) is 14.5. The molecule has 1 amide bonds. The van der Waals surface area contributed by atoms with Crippen LogP contribution in [0.2, 0.25) is 0 Å². The highest BCUT2D eigenvalue weighted by molar-refractivity contribution is 5.91. The molecule has 0 atom stereocenters. The Balaban J connectivity index is 1.49. The molecule has 0 aliphatic carbocycles. The minimum Gasteiger partial charge on any atom is -0.508 e. The van der Waals surface area contributed by atoms with Crippen LogP contribution in [-0.4, -0.2) is 27.5 Å². The topological polar surface area (TPSA) is 78.0 Å². The predicted octanol–water partition coefficient (Wildman–Crippen LogP) is 2.64. The Morgan fingerprint density at radius 1 is 1.17 bits per heavy atom. The maximum Gasteiger partial charge on any atom is 0.244 e. The quantitative estimate of drug-likeness (QED) is 0.634. The van der Waals surface area contributed by atoms with Crippen molar-refractivity contribution in [2.24, 2.45) is 0 Å². The highest BCUT2D eigenvalue weighted by atomic mass is 16.3. The van der Waals surface area contributed by atoms with Crippen molar-refractivity contribution in [3.8, 4) is 5.75 Å². The van der Waals surface area contributed by atoms with Gasteiger partial charge in [0.1, 0.15) is 11.6 Å². The minimum absolute atomic E-state index is 0.158. The number of amides is 1. The van der Waals surface area contributed by atoms with E-state index in [2.05, 4.69) is 15.3 Å². The van der Waals surface area contributed by atoms with Crippen molar-refractivity contribution in [2.75, 3.05) is 6.54 Å². The summed E-state index contributed by atoms with van der Waals surface area (Å²) in [4.78, 5) is 19.5. The SMILES string of the molecule is O=C(/C=C/c1ccc(O)cc1)NCCc1nc2ccccc2[nH]1. The molecular formula is C18H17N3O2. The van der Waals surface area contributed by atoms with Gasteiger partial charge >= 0.3 is 0 Å². The fourth-order valence-corrected chi connectivity index (χ4v) is 2.24. The molecule has 0 bridgehead atoms. The van der Waals surface area contributed by atoms with Crippen molar-refractivity contribution in [3.63, 3.8) is 0 Å². The number of nitrogens with zero attached hydrogens (tertiary/aromatic N) is 1. The lowest BCUT2D eigenvalue weighted by atomic mass is 10.2. The highest BCUT2D eigenvalue weighted by Crippen LogP contribution is 2.11. The second-order valence-electron chi connectivity index (χ2n) is 5.17. The first-order valence-electron chi connectivity index (χ1n) is 7.39. The van der Waals surface area contributed by atoms with E-state index in [1.807, 2.05) is 24.3 Å². The number of aromatic nitrogens is 2. The zero-order valence-corrected chi connectivity index (χ0v) is 12.5. The van der Waals surface area contributed by atoms with Crippen LogP contribution in [0.4, 0.5) is 0 Å². The molecule has 0 radical (unpaired) electrons. The van der Waals surface area contributed by atoms with Gasteiger partial charge in [-0.05, 0) is 35.9 Å². The van der Waals surface area contributed by atoms with Crippen molar-refractivity contribution < 1.29 is 9.90 Å². The lowest BCUT2D eigenvalue weighted by Gasteiger charge is -2.00. The van der Waals surface area contributed by atoms with Gasteiger partial charge in [-0.25, -0.2) is 4.98 Å². The summed E-state index contributed by atoms with van der Waals surface area (Å²) in [7, 11) is 0. The normalized spacial score (nSPS) is 11.1. The lowest BCUT2D eigenvalue weighted by molar-refractivity contribution is -0.116. The zero-order valence-electron chi connectivity index (χ0n) is 12.5. The monoisotopic (exact) mass is 307 g/mol. The number of carbonyl (C=O) groups is 1. The molecule has 116 valence electrons.